The molecule has 0 rings (SSSR count). The molecular weight excluding hydrogens is 326 g/mol. The summed E-state index contributed by atoms with van der Waals surface area (Å²) in [7, 11) is 0. The van der Waals surface area contributed by atoms with Crippen LogP contribution in [0.5, 0.6) is 0 Å². The van der Waals surface area contributed by atoms with Crippen molar-refractivity contribution >= 4 is 38.5 Å². The Morgan fingerprint density at radius 3 is 2.64 bits per heavy atom. The summed E-state index contributed by atoms with van der Waals surface area (Å²) < 4.78 is 13.1. The van der Waals surface area contributed by atoms with E-state index in [4.69, 9.17) is 5.11 Å². The Balaban J connectivity index is 4.59. The van der Waals surface area contributed by atoms with Crippen molar-refractivity contribution in [1.29, 1.82) is 0 Å². The number of aliphatic hydroxyl groups excluding tert-OH is 1. The second-order valence-corrected chi connectivity index (χ2v) is 3.42. The molecule has 0 unspecified atom stereocenters. The first kappa shape index (κ1) is 11.2. The third kappa shape index (κ3) is 3.91. The van der Waals surface area contributed by atoms with E-state index in [0.717, 1.165) is 0 Å². The largest absolute Gasteiger partial charge is 0.504 e. The molecule has 0 saturated heterocycles. The van der Waals surface area contributed by atoms with E-state index in [1.54, 1.807) is 22.6 Å². The van der Waals surface area contributed by atoms with Crippen molar-refractivity contribution in [1.82, 2.24) is 0 Å². The molecule has 0 aliphatic carbocycles. The minimum Gasteiger partial charge on any atom is -0.504 e. The first-order valence-electron chi connectivity index (χ1n) is 2.76. The standard InChI is InChI=1S/C7H7BrFIO/c1-2-6(10)7(11)5(9)3-4-8/h2-3,11H,1,4H2/b5-3+,7-6-. The van der Waals surface area contributed by atoms with Crippen LogP contribution >= 0.6 is 38.5 Å². The summed E-state index contributed by atoms with van der Waals surface area (Å²) >= 11 is 4.81. The summed E-state index contributed by atoms with van der Waals surface area (Å²) in [5, 5.41) is 9.43. The third-order valence-corrected chi connectivity index (χ3v) is 2.16. The van der Waals surface area contributed by atoms with Crippen molar-refractivity contribution in [2.45, 2.75) is 0 Å². The molecule has 0 fully saturated rings. The summed E-state index contributed by atoms with van der Waals surface area (Å²) in [6.07, 6.45) is 2.62. The van der Waals surface area contributed by atoms with E-state index in [9.17, 15) is 4.39 Å². The van der Waals surface area contributed by atoms with E-state index in [1.165, 1.54) is 12.2 Å². The molecule has 0 heterocycles. The monoisotopic (exact) mass is 332 g/mol. The summed E-state index contributed by atoms with van der Waals surface area (Å²) in [5.41, 5.74) is 0. The molecule has 0 saturated carbocycles. The number of halogens is 3. The third-order valence-electron chi connectivity index (χ3n) is 0.888. The van der Waals surface area contributed by atoms with Crippen molar-refractivity contribution in [3.05, 3.63) is 33.9 Å². The average molecular weight is 333 g/mol. The van der Waals surface area contributed by atoms with Gasteiger partial charge in [-0.1, -0.05) is 28.6 Å². The van der Waals surface area contributed by atoms with Crippen LogP contribution < -0.4 is 0 Å². The Hall–Kier alpha value is 0.160. The number of hydrogen-bond donors (Lipinski definition) is 1. The van der Waals surface area contributed by atoms with E-state index < -0.39 is 5.83 Å². The fourth-order valence-electron chi connectivity index (χ4n) is 0.375. The Morgan fingerprint density at radius 2 is 2.27 bits per heavy atom. The second kappa shape index (κ2) is 5.77. The predicted octanol–water partition coefficient (Wildman–Crippen LogP) is 3.63. The summed E-state index contributed by atoms with van der Waals surface area (Å²) in [6.45, 7) is 3.39. The Bertz CT molecular complexity index is 210. The van der Waals surface area contributed by atoms with E-state index in [0.29, 0.717) is 8.91 Å². The van der Waals surface area contributed by atoms with Gasteiger partial charge in [-0.15, -0.1) is 0 Å². The fraction of sp³-hybridized carbons (Fsp3) is 0.143. The molecular formula is C7H7BrFIO. The molecule has 0 atom stereocenters. The molecule has 0 aromatic carbocycles. The van der Waals surface area contributed by atoms with Crippen LogP contribution in [0.15, 0.2) is 33.9 Å². The van der Waals surface area contributed by atoms with Crippen LogP contribution in [0.2, 0.25) is 0 Å². The molecule has 62 valence electrons. The quantitative estimate of drug-likeness (QED) is 0.362. The maximum absolute atomic E-state index is 12.7. The predicted molar refractivity (Wildman–Crippen MR) is 56.9 cm³/mol. The normalized spacial score (nSPS) is 14.3. The average Bonchev–Trinajstić information content (AvgIpc) is 2.02. The summed E-state index contributed by atoms with van der Waals surface area (Å²) in [5.74, 6) is -0.994. The van der Waals surface area contributed by atoms with Crippen LogP contribution in [0, 0.1) is 0 Å². The lowest BCUT2D eigenvalue weighted by molar-refractivity contribution is 0.388. The number of allylic oxidation sites excluding steroid dienone is 4. The highest BCUT2D eigenvalue weighted by Gasteiger charge is 2.03. The minimum atomic E-state index is -0.633. The van der Waals surface area contributed by atoms with Gasteiger partial charge in [-0.2, -0.15) is 0 Å². The fourth-order valence-corrected chi connectivity index (χ4v) is 0.917. The van der Waals surface area contributed by atoms with Gasteiger partial charge in [-0.05, 0) is 28.7 Å². The van der Waals surface area contributed by atoms with Gasteiger partial charge in [0.2, 0.25) is 0 Å². The van der Waals surface area contributed by atoms with Crippen LogP contribution in [0.1, 0.15) is 0 Å². The van der Waals surface area contributed by atoms with Crippen LogP contribution in [0.25, 0.3) is 0 Å². The van der Waals surface area contributed by atoms with Gasteiger partial charge in [0.1, 0.15) is 0 Å². The smallest absolute Gasteiger partial charge is 0.164 e. The van der Waals surface area contributed by atoms with Gasteiger partial charge in [0.05, 0.1) is 3.58 Å². The first-order chi connectivity index (χ1) is 5.13. The second-order valence-electron chi connectivity index (χ2n) is 1.61. The van der Waals surface area contributed by atoms with Gasteiger partial charge >= 0.3 is 0 Å². The molecule has 4 heteroatoms. The van der Waals surface area contributed by atoms with Crippen molar-refractivity contribution in [2.24, 2.45) is 0 Å². The lowest BCUT2D eigenvalue weighted by Gasteiger charge is -1.96. The molecule has 0 aliphatic rings. The van der Waals surface area contributed by atoms with Crippen molar-refractivity contribution in [3.63, 3.8) is 0 Å². The number of hydrogen-bond acceptors (Lipinski definition) is 1. The zero-order valence-electron chi connectivity index (χ0n) is 5.65. The molecule has 0 spiro atoms. The Morgan fingerprint density at radius 1 is 1.73 bits per heavy atom. The highest BCUT2D eigenvalue weighted by molar-refractivity contribution is 14.1. The maximum Gasteiger partial charge on any atom is 0.164 e. The van der Waals surface area contributed by atoms with Gasteiger partial charge < -0.3 is 5.11 Å². The van der Waals surface area contributed by atoms with E-state index in [1.807, 2.05) is 0 Å². The topological polar surface area (TPSA) is 20.2 Å². The van der Waals surface area contributed by atoms with Gasteiger partial charge in [0.15, 0.2) is 11.6 Å². The lowest BCUT2D eigenvalue weighted by Crippen LogP contribution is -1.84. The lowest BCUT2D eigenvalue weighted by atomic mass is 10.4. The molecule has 1 N–H and O–H groups in total. The Labute approximate surface area is 86.9 Å². The molecule has 0 aromatic rings. The number of rotatable bonds is 3. The molecule has 0 amide bonds. The first-order valence-corrected chi connectivity index (χ1v) is 4.96. The number of alkyl halides is 1. The van der Waals surface area contributed by atoms with E-state index in [-0.39, 0.29) is 5.76 Å². The van der Waals surface area contributed by atoms with Gasteiger partial charge in [0, 0.05) is 5.33 Å². The molecule has 11 heavy (non-hydrogen) atoms. The SMILES string of the molecule is C=C/C(I)=C(O)\C(F)=C/CBr. The van der Waals surface area contributed by atoms with Crippen molar-refractivity contribution in [3.8, 4) is 0 Å². The van der Waals surface area contributed by atoms with E-state index in [2.05, 4.69) is 22.5 Å². The van der Waals surface area contributed by atoms with Gasteiger partial charge in [-0.3, -0.25) is 0 Å². The summed E-state index contributed by atoms with van der Waals surface area (Å²) in [6, 6.07) is 0. The molecule has 0 aromatic heterocycles. The molecule has 0 radical (unpaired) electrons. The van der Waals surface area contributed by atoms with Crippen molar-refractivity contribution in [2.75, 3.05) is 5.33 Å². The van der Waals surface area contributed by atoms with Gasteiger partial charge in [-0.25, -0.2) is 4.39 Å². The number of aliphatic hydroxyl groups is 1. The molecule has 0 bridgehead atoms. The minimum absolute atomic E-state index is 0.361. The van der Waals surface area contributed by atoms with Gasteiger partial charge in [0.25, 0.3) is 0 Å². The van der Waals surface area contributed by atoms with Crippen LogP contribution in [-0.2, 0) is 0 Å². The zero-order chi connectivity index (χ0) is 8.85. The summed E-state index contributed by atoms with van der Waals surface area (Å²) in [4.78, 5) is 0. The highest BCUT2D eigenvalue weighted by Crippen LogP contribution is 2.19. The maximum atomic E-state index is 12.7. The van der Waals surface area contributed by atoms with Crippen molar-refractivity contribution < 1.29 is 9.50 Å². The van der Waals surface area contributed by atoms with Crippen LogP contribution in [0.4, 0.5) is 4.39 Å². The Kier molecular flexibility index (Phi) is 5.85. The van der Waals surface area contributed by atoms with E-state index >= 15 is 0 Å². The molecule has 0 aliphatic heterocycles. The molecule has 1 nitrogen and oxygen atoms in total. The highest BCUT2D eigenvalue weighted by atomic mass is 127. The van der Waals surface area contributed by atoms with Crippen LogP contribution in [-0.4, -0.2) is 10.4 Å². The van der Waals surface area contributed by atoms with Crippen LogP contribution in [0.3, 0.4) is 0 Å². The zero-order valence-corrected chi connectivity index (χ0v) is 9.39.